The molecule has 0 radical (unpaired) electrons. The normalized spacial score (nSPS) is 23.8. The van der Waals surface area contributed by atoms with Crippen molar-refractivity contribution in [2.24, 2.45) is 17.8 Å². The van der Waals surface area contributed by atoms with Crippen LogP contribution in [0.5, 0.6) is 0 Å². The molecule has 18 heavy (non-hydrogen) atoms. The van der Waals surface area contributed by atoms with Crippen LogP contribution in [0.3, 0.4) is 0 Å². The van der Waals surface area contributed by atoms with Crippen molar-refractivity contribution in [1.82, 2.24) is 0 Å². The molecule has 0 nitrogen and oxygen atoms in total. The number of benzene rings is 1. The van der Waals surface area contributed by atoms with Crippen LogP contribution in [0.25, 0.3) is 5.57 Å². The standard InChI is InChI=1S/C16H20F2/c1-10(2)15-9-14(8-11(15)3)12-4-6-13(7-5-12)16(17)18/h4-8,10-11,15-16H,9H2,1-3H3. The Morgan fingerprint density at radius 3 is 2.17 bits per heavy atom. The molecule has 0 saturated heterocycles. The van der Waals surface area contributed by atoms with Gasteiger partial charge in [-0.1, -0.05) is 51.1 Å². The average Bonchev–Trinajstić information content (AvgIpc) is 2.71. The van der Waals surface area contributed by atoms with Gasteiger partial charge in [0.2, 0.25) is 0 Å². The molecular weight excluding hydrogens is 230 g/mol. The minimum absolute atomic E-state index is 0.103. The highest BCUT2D eigenvalue weighted by Crippen LogP contribution is 2.40. The van der Waals surface area contributed by atoms with Gasteiger partial charge in [-0.25, -0.2) is 8.78 Å². The van der Waals surface area contributed by atoms with Crippen molar-refractivity contribution in [3.63, 3.8) is 0 Å². The van der Waals surface area contributed by atoms with Gasteiger partial charge in [-0.05, 0) is 35.3 Å². The Balaban J connectivity index is 2.16. The maximum Gasteiger partial charge on any atom is 0.263 e. The number of rotatable bonds is 3. The number of allylic oxidation sites excluding steroid dienone is 2. The minimum Gasteiger partial charge on any atom is -0.205 e. The quantitative estimate of drug-likeness (QED) is 0.681. The summed E-state index contributed by atoms with van der Waals surface area (Å²) in [4.78, 5) is 0. The Kier molecular flexibility index (Phi) is 3.84. The molecule has 1 aromatic carbocycles. The summed E-state index contributed by atoms with van der Waals surface area (Å²) in [5.74, 6) is 1.92. The van der Waals surface area contributed by atoms with Crippen molar-refractivity contribution in [3.05, 3.63) is 41.5 Å². The SMILES string of the molecule is CC(C)C1CC(c2ccc(C(F)F)cc2)=CC1C. The second-order valence-electron chi connectivity index (χ2n) is 5.59. The molecule has 0 heterocycles. The summed E-state index contributed by atoms with van der Waals surface area (Å²) in [5, 5.41) is 0. The fraction of sp³-hybridized carbons (Fsp3) is 0.500. The number of alkyl halides is 2. The summed E-state index contributed by atoms with van der Waals surface area (Å²) < 4.78 is 25.0. The second-order valence-corrected chi connectivity index (χ2v) is 5.59. The topological polar surface area (TPSA) is 0 Å². The maximum absolute atomic E-state index is 12.5. The molecule has 0 bridgehead atoms. The van der Waals surface area contributed by atoms with Crippen molar-refractivity contribution in [2.75, 3.05) is 0 Å². The molecule has 0 N–H and O–H groups in total. The maximum atomic E-state index is 12.5. The molecule has 1 aromatic rings. The molecule has 2 rings (SSSR count). The minimum atomic E-state index is -2.38. The summed E-state index contributed by atoms with van der Waals surface area (Å²) >= 11 is 0. The first kappa shape index (κ1) is 13.3. The van der Waals surface area contributed by atoms with Crippen LogP contribution in [-0.2, 0) is 0 Å². The number of hydrogen-bond donors (Lipinski definition) is 0. The Morgan fingerprint density at radius 1 is 1.11 bits per heavy atom. The molecule has 0 saturated carbocycles. The molecule has 0 aliphatic heterocycles. The van der Waals surface area contributed by atoms with E-state index < -0.39 is 6.43 Å². The van der Waals surface area contributed by atoms with Gasteiger partial charge in [-0.15, -0.1) is 0 Å². The lowest BCUT2D eigenvalue weighted by molar-refractivity contribution is 0.151. The van der Waals surface area contributed by atoms with Crippen molar-refractivity contribution in [2.45, 2.75) is 33.6 Å². The summed E-state index contributed by atoms with van der Waals surface area (Å²) in [7, 11) is 0. The lowest BCUT2D eigenvalue weighted by Gasteiger charge is -2.19. The van der Waals surface area contributed by atoms with Gasteiger partial charge < -0.3 is 0 Å². The molecule has 0 spiro atoms. The predicted octanol–water partition coefficient (Wildman–Crippen LogP) is 5.32. The largest absolute Gasteiger partial charge is 0.263 e. The van der Waals surface area contributed by atoms with Gasteiger partial charge in [0, 0.05) is 5.56 Å². The van der Waals surface area contributed by atoms with Crippen LogP contribution in [0.1, 0.15) is 44.7 Å². The van der Waals surface area contributed by atoms with Crippen LogP contribution in [0.4, 0.5) is 8.78 Å². The van der Waals surface area contributed by atoms with Gasteiger partial charge in [0.05, 0.1) is 0 Å². The molecule has 0 amide bonds. The first-order valence-electron chi connectivity index (χ1n) is 6.58. The van der Waals surface area contributed by atoms with E-state index in [1.165, 1.54) is 17.7 Å². The summed E-state index contributed by atoms with van der Waals surface area (Å²) in [6, 6.07) is 6.72. The summed E-state index contributed by atoms with van der Waals surface area (Å²) in [6.45, 7) is 6.74. The lowest BCUT2D eigenvalue weighted by Crippen LogP contribution is -2.11. The van der Waals surface area contributed by atoms with Crippen LogP contribution < -0.4 is 0 Å². The molecule has 1 aliphatic rings. The highest BCUT2D eigenvalue weighted by atomic mass is 19.3. The third-order valence-corrected chi connectivity index (χ3v) is 3.98. The van der Waals surface area contributed by atoms with Gasteiger partial charge in [-0.3, -0.25) is 0 Å². The molecule has 1 aliphatic carbocycles. The first-order chi connectivity index (χ1) is 8.49. The van der Waals surface area contributed by atoms with Gasteiger partial charge in [-0.2, -0.15) is 0 Å². The lowest BCUT2D eigenvalue weighted by atomic mass is 9.86. The van der Waals surface area contributed by atoms with Gasteiger partial charge in [0.1, 0.15) is 0 Å². The van der Waals surface area contributed by atoms with E-state index in [0.717, 1.165) is 12.0 Å². The molecule has 0 aromatic heterocycles. The van der Waals surface area contributed by atoms with E-state index in [-0.39, 0.29) is 5.56 Å². The zero-order valence-corrected chi connectivity index (χ0v) is 11.2. The van der Waals surface area contributed by atoms with E-state index in [2.05, 4.69) is 26.8 Å². The van der Waals surface area contributed by atoms with Crippen LogP contribution in [0.2, 0.25) is 0 Å². The van der Waals surface area contributed by atoms with Crippen LogP contribution in [-0.4, -0.2) is 0 Å². The molecular formula is C16H20F2. The molecule has 0 fully saturated rings. The highest BCUT2D eigenvalue weighted by molar-refractivity contribution is 5.68. The van der Waals surface area contributed by atoms with Crippen molar-refractivity contribution in [3.8, 4) is 0 Å². The zero-order chi connectivity index (χ0) is 13.3. The number of hydrogen-bond acceptors (Lipinski definition) is 0. The number of halogens is 2. The predicted molar refractivity (Wildman–Crippen MR) is 71.5 cm³/mol. The van der Waals surface area contributed by atoms with Crippen LogP contribution in [0, 0.1) is 17.8 Å². The molecule has 2 unspecified atom stereocenters. The highest BCUT2D eigenvalue weighted by Gasteiger charge is 2.27. The smallest absolute Gasteiger partial charge is 0.205 e. The van der Waals surface area contributed by atoms with E-state index in [4.69, 9.17) is 0 Å². The third-order valence-electron chi connectivity index (χ3n) is 3.98. The first-order valence-corrected chi connectivity index (χ1v) is 6.58. The van der Waals surface area contributed by atoms with Crippen LogP contribution >= 0.6 is 0 Å². The Morgan fingerprint density at radius 2 is 1.72 bits per heavy atom. The molecule has 2 heteroatoms. The Labute approximate surface area is 108 Å². The van der Waals surface area contributed by atoms with E-state index in [0.29, 0.717) is 17.8 Å². The van der Waals surface area contributed by atoms with Crippen molar-refractivity contribution >= 4 is 5.57 Å². The second kappa shape index (κ2) is 5.21. The van der Waals surface area contributed by atoms with Crippen molar-refractivity contribution < 1.29 is 8.78 Å². The van der Waals surface area contributed by atoms with Crippen molar-refractivity contribution in [1.29, 1.82) is 0 Å². The molecule has 98 valence electrons. The van der Waals surface area contributed by atoms with Gasteiger partial charge in [0.25, 0.3) is 6.43 Å². The van der Waals surface area contributed by atoms with E-state index >= 15 is 0 Å². The third kappa shape index (κ3) is 2.63. The fourth-order valence-electron chi connectivity index (χ4n) is 2.85. The molecule has 2 atom stereocenters. The summed E-state index contributed by atoms with van der Waals surface area (Å²) in [6.07, 6.45) is 0.980. The fourth-order valence-corrected chi connectivity index (χ4v) is 2.85. The Hall–Kier alpha value is -1.18. The van der Waals surface area contributed by atoms with Gasteiger partial charge >= 0.3 is 0 Å². The summed E-state index contributed by atoms with van der Waals surface area (Å²) in [5.41, 5.74) is 2.50. The van der Waals surface area contributed by atoms with Crippen LogP contribution in [0.15, 0.2) is 30.3 Å². The van der Waals surface area contributed by atoms with E-state index in [9.17, 15) is 8.78 Å². The zero-order valence-electron chi connectivity index (χ0n) is 11.2. The van der Waals surface area contributed by atoms with Gasteiger partial charge in [0.15, 0.2) is 0 Å². The van der Waals surface area contributed by atoms with E-state index in [1.807, 2.05) is 12.1 Å². The monoisotopic (exact) mass is 250 g/mol. The Bertz CT molecular complexity index is 429. The average molecular weight is 250 g/mol. The van der Waals surface area contributed by atoms with E-state index in [1.54, 1.807) is 0 Å².